The fourth-order valence-corrected chi connectivity index (χ4v) is 3.43. The summed E-state index contributed by atoms with van der Waals surface area (Å²) < 4.78 is 10.6. The Balaban J connectivity index is 2.54. The van der Waals surface area contributed by atoms with Crippen molar-refractivity contribution in [2.75, 3.05) is 13.2 Å². The molecule has 0 unspecified atom stereocenters. The summed E-state index contributed by atoms with van der Waals surface area (Å²) in [7, 11) is 0. The Morgan fingerprint density at radius 1 is 1.15 bits per heavy atom. The van der Waals surface area contributed by atoms with Crippen LogP contribution in [-0.2, 0) is 24.5 Å². The molecule has 0 radical (unpaired) electrons. The molecule has 0 spiro atoms. The lowest BCUT2D eigenvalue weighted by atomic mass is 9.66. The first-order valence-corrected chi connectivity index (χ1v) is 9.00. The van der Waals surface area contributed by atoms with E-state index in [-0.39, 0.29) is 17.9 Å². The number of benzene rings is 1. The van der Waals surface area contributed by atoms with Crippen molar-refractivity contribution >= 4 is 11.9 Å². The Labute approximate surface area is 155 Å². The zero-order chi connectivity index (χ0) is 19.0. The maximum atomic E-state index is 12.9. The van der Waals surface area contributed by atoms with Crippen LogP contribution in [0.4, 0.5) is 0 Å². The summed E-state index contributed by atoms with van der Waals surface area (Å²) in [6.07, 6.45) is 10.0. The SMILES string of the molecule is C=C/C=C\C=C\[C@]1(C(=O)OCC)CC[C@H](C(=O)OCC)c2ccccc21. The van der Waals surface area contributed by atoms with Gasteiger partial charge in [-0.05, 0) is 37.8 Å². The molecule has 1 aromatic carbocycles. The van der Waals surface area contributed by atoms with E-state index in [2.05, 4.69) is 6.58 Å². The van der Waals surface area contributed by atoms with Gasteiger partial charge in [-0.3, -0.25) is 9.59 Å². The fraction of sp³-hybridized carbons (Fsp3) is 0.364. The van der Waals surface area contributed by atoms with Crippen LogP contribution in [0.2, 0.25) is 0 Å². The molecule has 0 saturated heterocycles. The number of rotatable bonds is 7. The monoisotopic (exact) mass is 354 g/mol. The average Bonchev–Trinajstić information content (AvgIpc) is 2.65. The first-order valence-electron chi connectivity index (χ1n) is 9.00. The summed E-state index contributed by atoms with van der Waals surface area (Å²) in [5, 5.41) is 0. The number of allylic oxidation sites excluding steroid dienone is 4. The molecule has 0 N–H and O–H groups in total. The van der Waals surface area contributed by atoms with Gasteiger partial charge >= 0.3 is 11.9 Å². The molecule has 2 rings (SSSR count). The second kappa shape index (κ2) is 9.18. The minimum absolute atomic E-state index is 0.243. The van der Waals surface area contributed by atoms with Crippen LogP contribution in [0.1, 0.15) is 43.7 Å². The molecule has 0 fully saturated rings. The third kappa shape index (κ3) is 3.96. The van der Waals surface area contributed by atoms with Gasteiger partial charge in [0.25, 0.3) is 0 Å². The lowest BCUT2D eigenvalue weighted by Crippen LogP contribution is -2.41. The van der Waals surface area contributed by atoms with Crippen molar-refractivity contribution in [1.82, 2.24) is 0 Å². The number of ether oxygens (including phenoxy) is 2. The van der Waals surface area contributed by atoms with E-state index in [9.17, 15) is 9.59 Å². The van der Waals surface area contributed by atoms with E-state index in [1.165, 1.54) is 0 Å². The van der Waals surface area contributed by atoms with Gasteiger partial charge in [-0.25, -0.2) is 0 Å². The van der Waals surface area contributed by atoms with E-state index < -0.39 is 5.41 Å². The minimum Gasteiger partial charge on any atom is -0.466 e. The Kier molecular flexibility index (Phi) is 6.96. The summed E-state index contributed by atoms with van der Waals surface area (Å²) in [5.74, 6) is -0.892. The lowest BCUT2D eigenvalue weighted by Gasteiger charge is -2.37. The van der Waals surface area contributed by atoms with Crippen LogP contribution in [-0.4, -0.2) is 25.2 Å². The predicted molar refractivity (Wildman–Crippen MR) is 102 cm³/mol. The number of esters is 2. The second-order valence-corrected chi connectivity index (χ2v) is 6.10. The van der Waals surface area contributed by atoms with Crippen molar-refractivity contribution < 1.29 is 19.1 Å². The van der Waals surface area contributed by atoms with Crippen molar-refractivity contribution in [2.24, 2.45) is 0 Å². The van der Waals surface area contributed by atoms with Crippen molar-refractivity contribution in [3.63, 3.8) is 0 Å². The highest BCUT2D eigenvalue weighted by atomic mass is 16.5. The summed E-state index contributed by atoms with van der Waals surface area (Å²) >= 11 is 0. The van der Waals surface area contributed by atoms with Crippen LogP contribution < -0.4 is 0 Å². The van der Waals surface area contributed by atoms with E-state index in [0.29, 0.717) is 26.1 Å². The highest BCUT2D eigenvalue weighted by Crippen LogP contribution is 2.45. The number of carbonyl (C=O) groups excluding carboxylic acids is 2. The zero-order valence-corrected chi connectivity index (χ0v) is 15.4. The second-order valence-electron chi connectivity index (χ2n) is 6.10. The van der Waals surface area contributed by atoms with Crippen molar-refractivity contribution in [3.8, 4) is 0 Å². The van der Waals surface area contributed by atoms with E-state index in [1.54, 1.807) is 26.0 Å². The van der Waals surface area contributed by atoms with E-state index in [0.717, 1.165) is 11.1 Å². The third-order valence-corrected chi connectivity index (χ3v) is 4.59. The molecule has 0 aromatic heterocycles. The summed E-state index contributed by atoms with van der Waals surface area (Å²) in [6.45, 7) is 7.88. The van der Waals surface area contributed by atoms with Crippen molar-refractivity contribution in [1.29, 1.82) is 0 Å². The maximum absolute atomic E-state index is 12.9. The van der Waals surface area contributed by atoms with Gasteiger partial charge in [0, 0.05) is 0 Å². The highest BCUT2D eigenvalue weighted by molar-refractivity contribution is 5.89. The van der Waals surface area contributed by atoms with Gasteiger partial charge in [0.15, 0.2) is 0 Å². The molecule has 4 heteroatoms. The topological polar surface area (TPSA) is 52.6 Å². The van der Waals surface area contributed by atoms with Gasteiger partial charge in [0.2, 0.25) is 0 Å². The lowest BCUT2D eigenvalue weighted by molar-refractivity contribution is -0.151. The number of hydrogen-bond donors (Lipinski definition) is 0. The largest absolute Gasteiger partial charge is 0.466 e. The van der Waals surface area contributed by atoms with Crippen molar-refractivity contribution in [2.45, 2.75) is 38.0 Å². The first-order chi connectivity index (χ1) is 12.6. The first kappa shape index (κ1) is 19.7. The Morgan fingerprint density at radius 2 is 1.88 bits per heavy atom. The van der Waals surface area contributed by atoms with Gasteiger partial charge in [-0.15, -0.1) is 0 Å². The normalized spacial score (nSPS) is 22.2. The summed E-state index contributed by atoms with van der Waals surface area (Å²) in [5.41, 5.74) is 0.745. The molecule has 26 heavy (non-hydrogen) atoms. The van der Waals surface area contributed by atoms with Crippen LogP contribution in [0.5, 0.6) is 0 Å². The zero-order valence-electron chi connectivity index (χ0n) is 15.4. The molecule has 0 saturated carbocycles. The molecule has 4 nitrogen and oxygen atoms in total. The Bertz CT molecular complexity index is 717. The van der Waals surface area contributed by atoms with Crippen LogP contribution in [0, 0.1) is 0 Å². The summed E-state index contributed by atoms with van der Waals surface area (Å²) in [6, 6.07) is 7.57. The van der Waals surface area contributed by atoms with E-state index >= 15 is 0 Å². The van der Waals surface area contributed by atoms with Crippen LogP contribution in [0.3, 0.4) is 0 Å². The van der Waals surface area contributed by atoms with Gasteiger partial charge in [0.1, 0.15) is 5.41 Å². The van der Waals surface area contributed by atoms with Crippen LogP contribution in [0.25, 0.3) is 0 Å². The maximum Gasteiger partial charge on any atom is 0.320 e. The molecule has 1 aliphatic carbocycles. The number of hydrogen-bond acceptors (Lipinski definition) is 4. The van der Waals surface area contributed by atoms with Crippen LogP contribution >= 0.6 is 0 Å². The molecular weight excluding hydrogens is 328 g/mol. The van der Waals surface area contributed by atoms with E-state index in [4.69, 9.17) is 9.47 Å². The average molecular weight is 354 g/mol. The molecule has 2 atom stereocenters. The highest BCUT2D eigenvalue weighted by Gasteiger charge is 2.46. The Morgan fingerprint density at radius 3 is 2.58 bits per heavy atom. The summed E-state index contributed by atoms with van der Waals surface area (Å²) in [4.78, 5) is 25.3. The van der Waals surface area contributed by atoms with Gasteiger partial charge in [-0.1, -0.05) is 61.2 Å². The van der Waals surface area contributed by atoms with Gasteiger partial charge < -0.3 is 9.47 Å². The molecule has 0 aliphatic heterocycles. The molecular formula is C22H26O4. The molecule has 0 bridgehead atoms. The molecule has 1 aliphatic rings. The fourth-order valence-electron chi connectivity index (χ4n) is 3.43. The molecule has 1 aromatic rings. The minimum atomic E-state index is -0.902. The van der Waals surface area contributed by atoms with Gasteiger partial charge in [-0.2, -0.15) is 0 Å². The molecule has 0 heterocycles. The Hall–Kier alpha value is -2.62. The molecule has 138 valence electrons. The predicted octanol–water partition coefficient (Wildman–Crippen LogP) is 4.23. The van der Waals surface area contributed by atoms with Gasteiger partial charge in [0.05, 0.1) is 19.1 Å². The van der Waals surface area contributed by atoms with Crippen molar-refractivity contribution in [3.05, 3.63) is 72.4 Å². The smallest absolute Gasteiger partial charge is 0.320 e. The third-order valence-electron chi connectivity index (χ3n) is 4.59. The number of carbonyl (C=O) groups is 2. The van der Waals surface area contributed by atoms with E-state index in [1.807, 2.05) is 42.5 Å². The number of fused-ring (bicyclic) bond motifs is 1. The standard InChI is InChI=1S/C22H26O4/c1-4-7-8-11-15-22(21(24)26-6-3)16-14-18(20(23)25-5-2)17-12-9-10-13-19(17)22/h4,7-13,15,18H,1,5-6,14,16H2,2-3H3/b8-7-,15-11+/t18-,22-/m0/s1. The molecule has 0 amide bonds. The van der Waals surface area contributed by atoms with Crippen LogP contribution in [0.15, 0.2) is 61.2 Å². The quantitative estimate of drug-likeness (QED) is 0.543.